The maximum Gasteiger partial charge on any atom is 0.280 e. The summed E-state index contributed by atoms with van der Waals surface area (Å²) in [6, 6.07) is 7.88. The van der Waals surface area contributed by atoms with E-state index in [0.717, 1.165) is 130 Å². The average molecular weight is 1880 g/mol. The highest BCUT2D eigenvalue weighted by atomic mass is 32.1. The summed E-state index contributed by atoms with van der Waals surface area (Å²) in [6.45, 7) is 51.0. The van der Waals surface area contributed by atoms with Crippen LogP contribution in [0.3, 0.4) is 0 Å². The van der Waals surface area contributed by atoms with E-state index in [1.165, 1.54) is 34.0 Å². The Morgan fingerprint density at radius 3 is 0.824 bits per heavy atom. The van der Waals surface area contributed by atoms with Crippen molar-refractivity contribution in [1.29, 1.82) is 0 Å². The number of nitrogens with one attached hydrogen (secondary N) is 8. The van der Waals surface area contributed by atoms with E-state index in [0.29, 0.717) is 45.7 Å². The molecule has 13 N–H and O–H groups in total. The summed E-state index contributed by atoms with van der Waals surface area (Å²) in [5.74, 6) is 0.570. The van der Waals surface area contributed by atoms with Gasteiger partial charge in [0.05, 0.1) is 50.0 Å². The van der Waals surface area contributed by atoms with Crippen LogP contribution in [0.1, 0.15) is 300 Å². The van der Waals surface area contributed by atoms with Crippen LogP contribution in [0, 0.1) is 27.7 Å². The van der Waals surface area contributed by atoms with Gasteiger partial charge in [-0.25, -0.2) is 39.9 Å². The number of aromatic nitrogens is 8. The van der Waals surface area contributed by atoms with Crippen molar-refractivity contribution < 1.29 is 63.9 Å². The van der Waals surface area contributed by atoms with Crippen LogP contribution < -0.4 is 42.5 Å². The first-order valence-electron chi connectivity index (χ1n) is 44.8. The topological polar surface area (TPSA) is 450 Å². The molecular formula is C94H136N20O13S4. The van der Waals surface area contributed by atoms with Crippen LogP contribution in [-0.4, -0.2) is 261 Å². The lowest BCUT2D eigenvalue weighted by Gasteiger charge is -2.22. The number of rotatable bonds is 25. The Morgan fingerprint density at radius 2 is 0.626 bits per heavy atom. The molecule has 4 aliphatic rings. The van der Waals surface area contributed by atoms with Crippen molar-refractivity contribution in [2.45, 2.75) is 294 Å². The quantitative estimate of drug-likeness (QED) is 0.0253. The van der Waals surface area contributed by atoms with Crippen molar-refractivity contribution in [3.05, 3.63) is 114 Å². The Kier molecular flexibility index (Phi) is 34.9. The van der Waals surface area contributed by atoms with Gasteiger partial charge in [-0.3, -0.25) is 38.4 Å². The van der Waals surface area contributed by atoms with E-state index >= 15 is 0 Å². The number of aliphatic hydroxyl groups is 5. The van der Waals surface area contributed by atoms with Crippen molar-refractivity contribution in [2.24, 2.45) is 0 Å². The molecule has 4 saturated heterocycles. The maximum atomic E-state index is 13.4. The molecule has 0 bridgehead atoms. The predicted octanol–water partition coefficient (Wildman–Crippen LogP) is 13.6. The molecule has 8 amide bonds. The summed E-state index contributed by atoms with van der Waals surface area (Å²) in [4.78, 5) is 150. The lowest BCUT2D eigenvalue weighted by molar-refractivity contribution is 0.0692. The Morgan fingerprint density at radius 1 is 0.389 bits per heavy atom. The highest BCUT2D eigenvalue weighted by molar-refractivity contribution is 7.18. The minimum absolute atomic E-state index is 0.0843. The number of amides is 8. The molecule has 6 atom stereocenters. The molecule has 0 aromatic carbocycles. The second-order valence-corrected chi connectivity index (χ2v) is 43.9. The van der Waals surface area contributed by atoms with E-state index in [-0.39, 0.29) is 139 Å². The van der Waals surface area contributed by atoms with Gasteiger partial charge in [-0.05, 0) is 271 Å². The second-order valence-electron chi connectivity index (χ2n) is 39.9. The molecule has 33 nitrogen and oxygen atoms in total. The number of carbonyl (C=O) groups excluding carboxylic acids is 8. The fourth-order valence-electron chi connectivity index (χ4n) is 14.9. The van der Waals surface area contributed by atoms with Gasteiger partial charge in [-0.15, -0.1) is 45.3 Å². The maximum absolute atomic E-state index is 13.4. The zero-order valence-corrected chi connectivity index (χ0v) is 83.9. The van der Waals surface area contributed by atoms with Crippen LogP contribution in [0.5, 0.6) is 0 Å². The van der Waals surface area contributed by atoms with E-state index in [1.807, 2.05) is 115 Å². The number of carbonyl (C=O) groups is 8. The van der Waals surface area contributed by atoms with Gasteiger partial charge >= 0.3 is 0 Å². The smallest absolute Gasteiger partial charge is 0.280 e. The molecule has 4 fully saturated rings. The third-order valence-corrected chi connectivity index (χ3v) is 25.9. The number of aliphatic hydroxyl groups excluding tert-OH is 3. The van der Waals surface area contributed by atoms with Gasteiger partial charge in [0.25, 0.3) is 47.3 Å². The molecule has 37 heteroatoms. The molecule has 0 saturated carbocycles. The summed E-state index contributed by atoms with van der Waals surface area (Å²) in [7, 11) is 0. The zero-order valence-electron chi connectivity index (χ0n) is 80.6. The van der Waals surface area contributed by atoms with E-state index in [9.17, 15) is 58.8 Å². The fourth-order valence-corrected chi connectivity index (χ4v) is 19.1. The first-order valence-corrected chi connectivity index (χ1v) is 48.0. The second kappa shape index (κ2) is 43.7. The van der Waals surface area contributed by atoms with Crippen LogP contribution in [0.25, 0.3) is 41.8 Å². The summed E-state index contributed by atoms with van der Waals surface area (Å²) >= 11 is 4.67. The molecule has 0 radical (unpaired) electrons. The van der Waals surface area contributed by atoms with Gasteiger partial charge in [-0.2, -0.15) is 0 Å². The van der Waals surface area contributed by atoms with Crippen molar-refractivity contribution in [3.63, 3.8) is 0 Å². The van der Waals surface area contributed by atoms with Crippen LogP contribution in [0.4, 0.5) is 23.3 Å². The monoisotopic (exact) mass is 1880 g/mol. The number of pyridine rings is 4. The number of hydrogen-bond donors (Lipinski definition) is 13. The van der Waals surface area contributed by atoms with Gasteiger partial charge in [0.1, 0.15) is 46.0 Å². The fraction of sp³-hybridized carbons (Fsp3) is 0.574. The van der Waals surface area contributed by atoms with Gasteiger partial charge in [0.2, 0.25) is 0 Å². The molecule has 131 heavy (non-hydrogen) atoms. The third kappa shape index (κ3) is 29.2. The molecule has 0 unspecified atom stereocenters. The van der Waals surface area contributed by atoms with Crippen molar-refractivity contribution in [3.8, 4) is 41.8 Å². The average Bonchev–Trinajstić information content (AvgIpc) is 1.65. The molecule has 0 aliphatic carbocycles. The highest BCUT2D eigenvalue weighted by Gasteiger charge is 2.39. The van der Waals surface area contributed by atoms with Crippen LogP contribution >= 0.6 is 45.3 Å². The lowest BCUT2D eigenvalue weighted by atomic mass is 10.1. The number of aryl methyl sites for hydroxylation is 4. The number of hydrogen-bond acceptors (Lipinski definition) is 29. The number of likely N-dealkylation sites (tertiary alicyclic amines) is 4. The molecule has 12 rings (SSSR count). The summed E-state index contributed by atoms with van der Waals surface area (Å²) in [5, 5.41) is 72.5. The third-order valence-electron chi connectivity index (χ3n) is 21.5. The van der Waals surface area contributed by atoms with E-state index in [4.69, 9.17) is 5.11 Å². The van der Waals surface area contributed by atoms with Crippen molar-refractivity contribution in [1.82, 2.24) is 80.7 Å². The Hall–Kier alpha value is -10.1. The molecular weight excluding hydrogens is 1750 g/mol. The minimum atomic E-state index is -1.06. The summed E-state index contributed by atoms with van der Waals surface area (Å²) in [6.07, 6.45) is 13.5. The minimum Gasteiger partial charge on any atom is -0.394 e. The molecule has 714 valence electrons. The normalized spacial score (nSPS) is 17.0. The molecule has 8 aromatic rings. The van der Waals surface area contributed by atoms with Crippen LogP contribution in [-0.2, 0) is 0 Å². The van der Waals surface area contributed by atoms with E-state index in [1.54, 1.807) is 64.3 Å². The molecule has 8 aromatic heterocycles. The Labute approximate surface area is 785 Å². The van der Waals surface area contributed by atoms with Crippen molar-refractivity contribution >= 4 is 116 Å². The molecule has 12 heterocycles. The van der Waals surface area contributed by atoms with Crippen LogP contribution in [0.15, 0.2) is 49.1 Å². The van der Waals surface area contributed by atoms with E-state index < -0.39 is 53.6 Å². The van der Waals surface area contributed by atoms with Gasteiger partial charge < -0.3 is 87.7 Å². The summed E-state index contributed by atoms with van der Waals surface area (Å²) < 4.78 is 0. The van der Waals surface area contributed by atoms with Gasteiger partial charge in [-0.1, -0.05) is 0 Å². The zero-order chi connectivity index (χ0) is 97.1. The van der Waals surface area contributed by atoms with Crippen LogP contribution in [0.2, 0.25) is 0 Å². The first-order chi connectivity index (χ1) is 61.0. The lowest BCUT2D eigenvalue weighted by Crippen LogP contribution is -2.38. The first kappa shape index (κ1) is 105. The van der Waals surface area contributed by atoms with Crippen molar-refractivity contribution in [2.75, 3.05) is 80.3 Å². The Balaban J connectivity index is 0.000000197. The molecule has 0 spiro atoms. The Bertz CT molecular complexity index is 5230. The highest BCUT2D eigenvalue weighted by Crippen LogP contribution is 2.41. The van der Waals surface area contributed by atoms with E-state index in [2.05, 4.69) is 145 Å². The number of thiazole rings is 4. The predicted molar refractivity (Wildman–Crippen MR) is 519 cm³/mol. The number of nitrogens with zero attached hydrogens (tertiary/aromatic N) is 12. The summed E-state index contributed by atoms with van der Waals surface area (Å²) in [5.41, 5.74) is 5.26. The van der Waals surface area contributed by atoms with Gasteiger partial charge in [0, 0.05) is 145 Å². The SMILES string of the molecule is Cc1cc(NC(C)(C)C)ncc1-c1sc(C(=O)NCC(C)(C)O)nc1C(=O)N1CCC[C@@H]1C.Cc1cc(NC(C)(C)C)ncc1-c1sc(C(=O)NCC(C)(C)O)nc1C(=O)N1CCC[C@@H]1C.Cc1cc(NC(C)(C)C)ncc1-c1sc(C(=O)NC[C@H](O)CO)nc1C(=O)N1CCC[C@@H]1C.Cc1cc(NC(C)(C)C)ncc1-c1sc(C(=O)N[C@@H](C)CO)nc1C(=O)N1CCC[C@@H]1C. The van der Waals surface area contributed by atoms with Gasteiger partial charge in [0.15, 0.2) is 20.0 Å². The standard InChI is InChI=1S/2C24H35N5O3S.C23H33N5O4S.C23H33N5O3S/c2*1-14-11-17(28-23(3,4)5)25-12-16(14)19-18(22(31)29-10-8-9-15(29)2)27-21(33-19)20(30)26-13-24(6,7)32;1-13-9-17(27-23(3,4)5)24-11-16(13)19-18(22(32)28-8-6-7-14(28)2)26-21(33-19)20(31)25-10-15(30)12-29;1-13-10-17(27-23(4,5)6)24-11-16(13)19-18(22(31)28-9-7-8-15(28)3)26-21(32-19)20(30)25-14(2)12-29/h2*11-12,15,32H,8-10,13H2,1-7H3,(H,25,28)(H,26,30);9,11,14-15,29-30H,6-8,10,12H2,1-5H3,(H,24,27)(H,25,31);10-11,14-15,29H,7-9,12H2,1-6H3,(H,24,27)(H,25,30)/t2*15-;2*14-,15-/m0000/s1. The largest absolute Gasteiger partial charge is 0.394 e. The molecule has 4 aliphatic heterocycles. The number of anilines is 4.